The standard InChI is InChI=1S/C19H32FNO3/c1-3-18(15-22)9-7-13-21(12-6-4-5-11-20)14-8-10-19(16-23)17-24-2/h3-14,17H2,1-2H3. The molecular weight excluding hydrogens is 309 g/mol. The van der Waals surface area contributed by atoms with Crippen LogP contribution in [0.4, 0.5) is 4.39 Å². The fourth-order valence-corrected chi connectivity index (χ4v) is 2.60. The summed E-state index contributed by atoms with van der Waals surface area (Å²) in [5.41, 5.74) is 1.49. The first-order chi connectivity index (χ1) is 11.7. The number of carbonyl (C=O) groups excluding carboxylic acids is 2. The summed E-state index contributed by atoms with van der Waals surface area (Å²) in [6.45, 7) is 4.77. The van der Waals surface area contributed by atoms with Gasteiger partial charge in [0.25, 0.3) is 0 Å². The second-order valence-corrected chi connectivity index (χ2v) is 6.00. The van der Waals surface area contributed by atoms with Crippen LogP contribution in [0.15, 0.2) is 11.1 Å². The van der Waals surface area contributed by atoms with Crippen LogP contribution in [0.2, 0.25) is 0 Å². The van der Waals surface area contributed by atoms with Crippen LogP contribution in [-0.2, 0) is 14.3 Å². The average Bonchev–Trinajstić information content (AvgIpc) is 2.60. The highest BCUT2D eigenvalue weighted by atomic mass is 19.1. The van der Waals surface area contributed by atoms with E-state index in [0.29, 0.717) is 25.0 Å². The normalized spacial score (nSPS) is 10.5. The van der Waals surface area contributed by atoms with Crippen LogP contribution in [0.1, 0.15) is 58.3 Å². The van der Waals surface area contributed by atoms with Crippen molar-refractivity contribution in [2.45, 2.75) is 58.3 Å². The lowest BCUT2D eigenvalue weighted by molar-refractivity contribution is 0.220. The summed E-state index contributed by atoms with van der Waals surface area (Å²) in [5.74, 6) is 3.96. The Hall–Kier alpha value is -1.25. The van der Waals surface area contributed by atoms with Gasteiger partial charge in [0, 0.05) is 18.3 Å². The van der Waals surface area contributed by atoms with E-state index in [1.165, 1.54) is 0 Å². The van der Waals surface area contributed by atoms with E-state index in [1.54, 1.807) is 7.11 Å². The zero-order valence-electron chi connectivity index (χ0n) is 15.2. The smallest absolute Gasteiger partial charge is 0.125 e. The van der Waals surface area contributed by atoms with Crippen LogP contribution in [0.5, 0.6) is 0 Å². The van der Waals surface area contributed by atoms with E-state index in [2.05, 4.69) is 4.90 Å². The molecule has 5 heteroatoms. The fraction of sp³-hybridized carbons (Fsp3) is 0.789. The van der Waals surface area contributed by atoms with Gasteiger partial charge < -0.3 is 9.64 Å². The van der Waals surface area contributed by atoms with Crippen molar-refractivity contribution >= 4 is 11.9 Å². The highest BCUT2D eigenvalue weighted by Gasteiger charge is 2.07. The van der Waals surface area contributed by atoms with Gasteiger partial charge in [-0.3, -0.25) is 4.39 Å². The maximum Gasteiger partial charge on any atom is 0.125 e. The van der Waals surface area contributed by atoms with E-state index in [9.17, 15) is 14.0 Å². The molecule has 0 amide bonds. The van der Waals surface area contributed by atoms with Gasteiger partial charge in [0.15, 0.2) is 0 Å². The van der Waals surface area contributed by atoms with Crippen molar-refractivity contribution in [3.8, 4) is 0 Å². The van der Waals surface area contributed by atoms with Gasteiger partial charge in [0.05, 0.1) is 13.3 Å². The third-order valence-electron chi connectivity index (χ3n) is 4.05. The van der Waals surface area contributed by atoms with E-state index in [4.69, 9.17) is 4.74 Å². The average molecular weight is 341 g/mol. The maximum atomic E-state index is 12.2. The van der Waals surface area contributed by atoms with Crippen LogP contribution in [0.25, 0.3) is 0 Å². The van der Waals surface area contributed by atoms with Gasteiger partial charge >= 0.3 is 0 Å². The molecule has 0 aliphatic heterocycles. The first kappa shape index (κ1) is 22.8. The van der Waals surface area contributed by atoms with Gasteiger partial charge in [-0.25, -0.2) is 9.59 Å². The van der Waals surface area contributed by atoms with E-state index in [0.717, 1.165) is 63.7 Å². The fourth-order valence-electron chi connectivity index (χ4n) is 2.60. The number of nitrogens with zero attached hydrogens (tertiary/aromatic N) is 1. The number of methoxy groups -OCH3 is 1. The summed E-state index contributed by atoms with van der Waals surface area (Å²) in [6.07, 6.45) is 6.51. The molecule has 0 aromatic rings. The molecule has 0 heterocycles. The van der Waals surface area contributed by atoms with Crippen LogP contribution >= 0.6 is 0 Å². The molecule has 0 aliphatic carbocycles. The zero-order valence-corrected chi connectivity index (χ0v) is 15.2. The van der Waals surface area contributed by atoms with Gasteiger partial charge in [-0.05, 0) is 71.0 Å². The summed E-state index contributed by atoms with van der Waals surface area (Å²) in [5, 5.41) is 0. The lowest BCUT2D eigenvalue weighted by atomic mass is 10.1. The number of hydrogen-bond acceptors (Lipinski definition) is 4. The Bertz CT molecular complexity index is 413. The van der Waals surface area contributed by atoms with Crippen molar-refractivity contribution in [1.82, 2.24) is 4.90 Å². The van der Waals surface area contributed by atoms with Crippen LogP contribution in [0.3, 0.4) is 0 Å². The third-order valence-corrected chi connectivity index (χ3v) is 4.05. The Balaban J connectivity index is 4.25. The first-order valence-corrected chi connectivity index (χ1v) is 8.94. The van der Waals surface area contributed by atoms with Crippen LogP contribution < -0.4 is 0 Å². The maximum absolute atomic E-state index is 12.2. The van der Waals surface area contributed by atoms with Crippen molar-refractivity contribution in [3.05, 3.63) is 11.1 Å². The van der Waals surface area contributed by atoms with Crippen molar-refractivity contribution in [2.75, 3.05) is 40.0 Å². The van der Waals surface area contributed by atoms with Crippen LogP contribution in [-0.4, -0.2) is 56.8 Å². The number of rotatable bonds is 16. The summed E-state index contributed by atoms with van der Waals surface area (Å²) in [6, 6.07) is 0. The topological polar surface area (TPSA) is 46.6 Å². The molecular formula is C19H32FNO3. The molecule has 0 rings (SSSR count). The minimum atomic E-state index is -0.255. The van der Waals surface area contributed by atoms with E-state index >= 15 is 0 Å². The molecule has 0 saturated heterocycles. The molecule has 0 spiro atoms. The predicted molar refractivity (Wildman–Crippen MR) is 95.3 cm³/mol. The van der Waals surface area contributed by atoms with Crippen molar-refractivity contribution < 1.29 is 18.7 Å². The molecule has 0 unspecified atom stereocenters. The Kier molecular flexibility index (Phi) is 15.7. The summed E-state index contributed by atoms with van der Waals surface area (Å²) >= 11 is 0. The SMILES string of the molecule is CCC(=C=O)CCCN(CCCCCF)CCCC(=C=O)COC. The Morgan fingerprint density at radius 1 is 0.917 bits per heavy atom. The molecule has 0 bridgehead atoms. The highest BCUT2D eigenvalue weighted by Crippen LogP contribution is 2.10. The van der Waals surface area contributed by atoms with Gasteiger partial charge in [-0.15, -0.1) is 0 Å². The molecule has 0 saturated carbocycles. The Morgan fingerprint density at radius 2 is 1.50 bits per heavy atom. The molecule has 4 nitrogen and oxygen atoms in total. The number of allylic oxidation sites excluding steroid dienone is 1. The zero-order chi connectivity index (χ0) is 18.0. The summed E-state index contributed by atoms with van der Waals surface area (Å²) in [7, 11) is 1.57. The monoisotopic (exact) mass is 341 g/mol. The largest absolute Gasteiger partial charge is 0.380 e. The number of alkyl halides is 1. The van der Waals surface area contributed by atoms with Gasteiger partial charge in [0.2, 0.25) is 0 Å². The quantitative estimate of drug-likeness (QED) is 0.318. The minimum Gasteiger partial charge on any atom is -0.380 e. The van der Waals surface area contributed by atoms with E-state index in [1.807, 2.05) is 18.8 Å². The second kappa shape index (κ2) is 16.6. The summed E-state index contributed by atoms with van der Waals surface area (Å²) < 4.78 is 17.2. The lowest BCUT2D eigenvalue weighted by Gasteiger charge is -2.22. The molecule has 0 aliphatic rings. The minimum absolute atomic E-state index is 0.255. The molecule has 0 N–H and O–H groups in total. The first-order valence-electron chi connectivity index (χ1n) is 8.94. The number of unbranched alkanes of at least 4 members (excludes halogenated alkanes) is 2. The number of hydrogen-bond donors (Lipinski definition) is 0. The molecule has 0 aromatic heterocycles. The molecule has 24 heavy (non-hydrogen) atoms. The van der Waals surface area contributed by atoms with E-state index < -0.39 is 0 Å². The van der Waals surface area contributed by atoms with Crippen LogP contribution in [0, 0.1) is 0 Å². The summed E-state index contributed by atoms with van der Waals surface area (Å²) in [4.78, 5) is 23.9. The Labute approximate surface area is 145 Å². The molecule has 138 valence electrons. The van der Waals surface area contributed by atoms with E-state index in [-0.39, 0.29) is 6.67 Å². The molecule has 0 atom stereocenters. The van der Waals surface area contributed by atoms with Crippen molar-refractivity contribution in [2.24, 2.45) is 0 Å². The second-order valence-electron chi connectivity index (χ2n) is 6.00. The van der Waals surface area contributed by atoms with Crippen molar-refractivity contribution in [3.63, 3.8) is 0 Å². The predicted octanol–water partition coefficient (Wildman–Crippen LogP) is 3.56. The van der Waals surface area contributed by atoms with Gasteiger partial charge in [-0.2, -0.15) is 0 Å². The molecule has 0 aromatic carbocycles. The molecule has 0 fully saturated rings. The highest BCUT2D eigenvalue weighted by molar-refractivity contribution is 5.52. The van der Waals surface area contributed by atoms with Gasteiger partial charge in [0.1, 0.15) is 11.9 Å². The number of ether oxygens (including phenoxy) is 1. The third kappa shape index (κ3) is 12.2. The number of halogens is 1. The van der Waals surface area contributed by atoms with Gasteiger partial charge in [-0.1, -0.05) is 6.92 Å². The molecule has 0 radical (unpaired) electrons. The lowest BCUT2D eigenvalue weighted by Crippen LogP contribution is -2.27. The Morgan fingerprint density at radius 3 is 2.00 bits per heavy atom. The van der Waals surface area contributed by atoms with Crippen molar-refractivity contribution in [1.29, 1.82) is 0 Å².